The van der Waals surface area contributed by atoms with Crippen LogP contribution >= 0.6 is 12.4 Å². The summed E-state index contributed by atoms with van der Waals surface area (Å²) in [6.07, 6.45) is 4.47. The molecule has 1 aliphatic rings. The first kappa shape index (κ1) is 18.4. The van der Waals surface area contributed by atoms with E-state index in [4.69, 9.17) is 0 Å². The molecule has 0 aliphatic carbocycles. The van der Waals surface area contributed by atoms with Gasteiger partial charge in [0.15, 0.2) is 0 Å². The van der Waals surface area contributed by atoms with Gasteiger partial charge in [-0.3, -0.25) is 19.6 Å². The molecule has 1 aromatic rings. The van der Waals surface area contributed by atoms with Crippen LogP contribution in [-0.4, -0.2) is 51.7 Å². The molecule has 2 rings (SSSR count). The Morgan fingerprint density at radius 3 is 2.77 bits per heavy atom. The van der Waals surface area contributed by atoms with Crippen LogP contribution in [0.25, 0.3) is 0 Å². The number of hydrogen-bond acceptors (Lipinski definition) is 5. The van der Waals surface area contributed by atoms with E-state index in [0.29, 0.717) is 19.1 Å². The highest BCUT2D eigenvalue weighted by atomic mass is 35.5. The van der Waals surface area contributed by atoms with E-state index in [1.807, 2.05) is 7.05 Å². The predicted octanol–water partition coefficient (Wildman–Crippen LogP) is 1.16. The summed E-state index contributed by atoms with van der Waals surface area (Å²) in [6.45, 7) is 4.83. The second kappa shape index (κ2) is 7.06. The Morgan fingerprint density at radius 2 is 2.23 bits per heavy atom. The lowest BCUT2D eigenvalue weighted by Crippen LogP contribution is -2.53. The number of piperidine rings is 1. The molecule has 2 heterocycles. The van der Waals surface area contributed by atoms with Crippen LogP contribution in [0.4, 0.5) is 5.69 Å². The lowest BCUT2D eigenvalue weighted by atomic mass is 9.99. The predicted molar refractivity (Wildman–Crippen MR) is 84.1 cm³/mol. The Labute approximate surface area is 135 Å². The average molecular weight is 332 g/mol. The van der Waals surface area contributed by atoms with Crippen LogP contribution in [0.15, 0.2) is 12.4 Å². The molecule has 8 nitrogen and oxygen atoms in total. The number of nitro groups is 1. The molecule has 124 valence electrons. The third-order valence-corrected chi connectivity index (χ3v) is 3.99. The van der Waals surface area contributed by atoms with Crippen molar-refractivity contribution in [1.29, 1.82) is 0 Å². The Bertz CT molecular complexity index is 546. The number of aromatic nitrogens is 2. The maximum Gasteiger partial charge on any atom is 0.307 e. The SMILES string of the molecule is CNC1CCCN(C(=O)C(C)(C)n2cc([N+](=O)[O-])cn2)C1.Cl. The molecule has 1 unspecified atom stereocenters. The quantitative estimate of drug-likeness (QED) is 0.660. The summed E-state index contributed by atoms with van der Waals surface area (Å²) < 4.78 is 1.37. The lowest BCUT2D eigenvalue weighted by Gasteiger charge is -2.37. The first-order valence-electron chi connectivity index (χ1n) is 7.02. The largest absolute Gasteiger partial charge is 0.339 e. The van der Waals surface area contributed by atoms with Gasteiger partial charge in [0.1, 0.15) is 17.9 Å². The molecule has 0 saturated carbocycles. The summed E-state index contributed by atoms with van der Waals surface area (Å²) in [6, 6.07) is 0.297. The molecule has 0 radical (unpaired) electrons. The van der Waals surface area contributed by atoms with E-state index >= 15 is 0 Å². The van der Waals surface area contributed by atoms with Crippen molar-refractivity contribution in [3.05, 3.63) is 22.5 Å². The van der Waals surface area contributed by atoms with E-state index in [9.17, 15) is 14.9 Å². The molecule has 1 fully saturated rings. The van der Waals surface area contributed by atoms with Crippen molar-refractivity contribution >= 4 is 24.0 Å². The monoisotopic (exact) mass is 331 g/mol. The molecule has 1 aliphatic heterocycles. The van der Waals surface area contributed by atoms with Gasteiger partial charge in [-0.25, -0.2) is 0 Å². The third-order valence-electron chi connectivity index (χ3n) is 3.99. The van der Waals surface area contributed by atoms with Crippen molar-refractivity contribution in [3.8, 4) is 0 Å². The molecular weight excluding hydrogens is 310 g/mol. The topological polar surface area (TPSA) is 93.3 Å². The molecule has 0 spiro atoms. The summed E-state index contributed by atoms with van der Waals surface area (Å²) in [5, 5.41) is 17.9. The fraction of sp³-hybridized carbons (Fsp3) is 0.692. The number of carbonyl (C=O) groups is 1. The number of rotatable bonds is 4. The molecular formula is C13H22ClN5O3. The molecule has 1 atom stereocenters. The van der Waals surface area contributed by atoms with E-state index < -0.39 is 10.5 Å². The zero-order chi connectivity index (χ0) is 15.6. The van der Waals surface area contributed by atoms with Crippen LogP contribution in [0.1, 0.15) is 26.7 Å². The van der Waals surface area contributed by atoms with Crippen LogP contribution in [-0.2, 0) is 10.3 Å². The zero-order valence-corrected chi connectivity index (χ0v) is 13.8. The zero-order valence-electron chi connectivity index (χ0n) is 13.0. The van der Waals surface area contributed by atoms with E-state index in [1.165, 1.54) is 17.1 Å². The van der Waals surface area contributed by atoms with E-state index in [0.717, 1.165) is 12.8 Å². The Balaban J connectivity index is 0.00000242. The van der Waals surface area contributed by atoms with Crippen LogP contribution in [0.3, 0.4) is 0 Å². The summed E-state index contributed by atoms with van der Waals surface area (Å²) in [5.41, 5.74) is -1.05. The molecule has 1 amide bonds. The highest BCUT2D eigenvalue weighted by Crippen LogP contribution is 2.23. The standard InChI is InChI=1S/C13H21N5O3.ClH/c1-13(2,17-9-11(7-15-17)18(20)21)12(19)16-6-4-5-10(8-16)14-3;/h7,9-10,14H,4-6,8H2,1-3H3;1H. The second-order valence-electron chi connectivity index (χ2n) is 5.84. The number of nitrogens with one attached hydrogen (secondary N) is 1. The van der Waals surface area contributed by atoms with Crippen LogP contribution in [0.5, 0.6) is 0 Å². The Hall–Kier alpha value is -1.67. The summed E-state index contributed by atoms with van der Waals surface area (Å²) >= 11 is 0. The lowest BCUT2D eigenvalue weighted by molar-refractivity contribution is -0.385. The highest BCUT2D eigenvalue weighted by molar-refractivity contribution is 5.85. The van der Waals surface area contributed by atoms with Crippen molar-refractivity contribution in [2.75, 3.05) is 20.1 Å². The fourth-order valence-electron chi connectivity index (χ4n) is 2.60. The van der Waals surface area contributed by atoms with Crippen molar-refractivity contribution < 1.29 is 9.72 Å². The number of amides is 1. The minimum absolute atomic E-state index is 0. The van der Waals surface area contributed by atoms with Gasteiger partial charge in [0.25, 0.3) is 0 Å². The third kappa shape index (κ3) is 3.56. The summed E-state index contributed by atoms with van der Waals surface area (Å²) in [4.78, 5) is 24.8. The van der Waals surface area contributed by atoms with Gasteiger partial charge in [-0.2, -0.15) is 5.10 Å². The number of nitrogens with zero attached hydrogens (tertiary/aromatic N) is 4. The van der Waals surface area contributed by atoms with Gasteiger partial charge in [0.2, 0.25) is 5.91 Å². The van der Waals surface area contributed by atoms with E-state index in [1.54, 1.807) is 18.7 Å². The smallest absolute Gasteiger partial charge is 0.307 e. The summed E-state index contributed by atoms with van der Waals surface area (Å²) in [7, 11) is 1.89. The Morgan fingerprint density at radius 1 is 1.55 bits per heavy atom. The normalized spacial score (nSPS) is 18.7. The highest BCUT2D eigenvalue weighted by Gasteiger charge is 2.37. The van der Waals surface area contributed by atoms with Gasteiger partial charge in [0, 0.05) is 19.1 Å². The van der Waals surface area contributed by atoms with Crippen LogP contribution in [0.2, 0.25) is 0 Å². The molecule has 22 heavy (non-hydrogen) atoms. The van der Waals surface area contributed by atoms with Crippen molar-refractivity contribution in [2.24, 2.45) is 0 Å². The summed E-state index contributed by atoms with van der Waals surface area (Å²) in [5.74, 6) is -0.0690. The maximum atomic E-state index is 12.7. The van der Waals surface area contributed by atoms with Crippen molar-refractivity contribution in [2.45, 2.75) is 38.3 Å². The average Bonchev–Trinajstić information content (AvgIpc) is 2.97. The molecule has 1 N–H and O–H groups in total. The van der Waals surface area contributed by atoms with Gasteiger partial charge in [-0.05, 0) is 33.7 Å². The van der Waals surface area contributed by atoms with Gasteiger partial charge < -0.3 is 10.2 Å². The Kier molecular flexibility index (Phi) is 5.90. The maximum absolute atomic E-state index is 12.7. The van der Waals surface area contributed by atoms with Crippen molar-refractivity contribution in [3.63, 3.8) is 0 Å². The molecule has 9 heteroatoms. The molecule has 1 saturated heterocycles. The number of likely N-dealkylation sites (N-methyl/N-ethyl adjacent to an activating group) is 1. The molecule has 1 aromatic heterocycles. The van der Waals surface area contributed by atoms with Gasteiger partial charge in [0.05, 0.1) is 4.92 Å². The number of likely N-dealkylation sites (tertiary alicyclic amines) is 1. The fourth-order valence-corrected chi connectivity index (χ4v) is 2.60. The first-order chi connectivity index (χ1) is 9.86. The number of hydrogen-bond donors (Lipinski definition) is 1. The van der Waals surface area contributed by atoms with Gasteiger partial charge >= 0.3 is 5.69 Å². The molecule has 0 aromatic carbocycles. The minimum atomic E-state index is -0.941. The van der Waals surface area contributed by atoms with E-state index in [2.05, 4.69) is 10.4 Å². The number of carbonyl (C=O) groups excluding carboxylic acids is 1. The first-order valence-corrected chi connectivity index (χ1v) is 7.02. The second-order valence-corrected chi connectivity index (χ2v) is 5.84. The van der Waals surface area contributed by atoms with Crippen LogP contribution < -0.4 is 5.32 Å². The number of halogens is 1. The van der Waals surface area contributed by atoms with Crippen molar-refractivity contribution in [1.82, 2.24) is 20.0 Å². The minimum Gasteiger partial charge on any atom is -0.339 e. The van der Waals surface area contributed by atoms with Crippen LogP contribution in [0, 0.1) is 10.1 Å². The van der Waals surface area contributed by atoms with Gasteiger partial charge in [-0.1, -0.05) is 0 Å². The van der Waals surface area contributed by atoms with Gasteiger partial charge in [-0.15, -0.1) is 12.4 Å². The van der Waals surface area contributed by atoms with E-state index in [-0.39, 0.29) is 24.0 Å². The molecule has 0 bridgehead atoms.